The molecule has 1 nitrogen and oxygen atoms in total. The van der Waals surface area contributed by atoms with Crippen LogP contribution in [0.1, 0.15) is 37.6 Å². The Balaban J connectivity index is 3.19. The highest BCUT2D eigenvalue weighted by Crippen LogP contribution is 2.24. The Kier molecular flexibility index (Phi) is 2.22. The summed E-state index contributed by atoms with van der Waals surface area (Å²) in [6.45, 7) is 10.8. The highest BCUT2D eigenvalue weighted by molar-refractivity contribution is 5.30. The molecule has 0 atom stereocenters. The van der Waals surface area contributed by atoms with E-state index in [2.05, 4.69) is 38.7 Å². The SMILES string of the molecule is Cc1cc(C)c(C(C)(C)C)cn1. The van der Waals surface area contributed by atoms with E-state index in [1.165, 1.54) is 11.1 Å². The van der Waals surface area contributed by atoms with Crippen molar-refractivity contribution in [3.8, 4) is 0 Å². The summed E-state index contributed by atoms with van der Waals surface area (Å²) in [5.41, 5.74) is 3.99. The molecule has 12 heavy (non-hydrogen) atoms. The lowest BCUT2D eigenvalue weighted by molar-refractivity contribution is 0.582. The van der Waals surface area contributed by atoms with Gasteiger partial charge in [-0.15, -0.1) is 0 Å². The molecule has 0 aliphatic heterocycles. The van der Waals surface area contributed by atoms with Crippen molar-refractivity contribution in [3.63, 3.8) is 0 Å². The molecular formula is C11H17N. The van der Waals surface area contributed by atoms with Crippen LogP contribution in [0.25, 0.3) is 0 Å². The molecule has 0 unspecified atom stereocenters. The lowest BCUT2D eigenvalue weighted by Gasteiger charge is -2.21. The fourth-order valence-electron chi connectivity index (χ4n) is 1.48. The summed E-state index contributed by atoms with van der Waals surface area (Å²) in [6, 6.07) is 2.14. The number of hydrogen-bond acceptors (Lipinski definition) is 1. The summed E-state index contributed by atoms with van der Waals surface area (Å²) < 4.78 is 0. The van der Waals surface area contributed by atoms with Crippen molar-refractivity contribution in [2.24, 2.45) is 0 Å². The van der Waals surface area contributed by atoms with Crippen LogP contribution in [0.15, 0.2) is 12.3 Å². The first-order valence-electron chi connectivity index (χ1n) is 4.35. The van der Waals surface area contributed by atoms with E-state index < -0.39 is 0 Å². The third-order valence-corrected chi connectivity index (χ3v) is 2.06. The van der Waals surface area contributed by atoms with Gasteiger partial charge in [-0.25, -0.2) is 0 Å². The Morgan fingerprint density at radius 1 is 1.17 bits per heavy atom. The lowest BCUT2D eigenvalue weighted by Crippen LogP contribution is -2.13. The molecule has 66 valence electrons. The topological polar surface area (TPSA) is 12.9 Å². The van der Waals surface area contributed by atoms with E-state index in [1.54, 1.807) is 0 Å². The van der Waals surface area contributed by atoms with E-state index in [-0.39, 0.29) is 5.41 Å². The molecule has 0 aliphatic carbocycles. The van der Waals surface area contributed by atoms with Crippen molar-refractivity contribution in [1.82, 2.24) is 4.98 Å². The van der Waals surface area contributed by atoms with E-state index >= 15 is 0 Å². The van der Waals surface area contributed by atoms with Crippen molar-refractivity contribution in [2.45, 2.75) is 40.0 Å². The van der Waals surface area contributed by atoms with Gasteiger partial charge in [0.1, 0.15) is 0 Å². The van der Waals surface area contributed by atoms with Gasteiger partial charge < -0.3 is 0 Å². The second kappa shape index (κ2) is 2.89. The summed E-state index contributed by atoms with van der Waals surface area (Å²) >= 11 is 0. The molecular weight excluding hydrogens is 146 g/mol. The average Bonchev–Trinajstić information content (AvgIpc) is 1.83. The lowest BCUT2D eigenvalue weighted by atomic mass is 9.85. The molecule has 0 fully saturated rings. The molecule has 1 aromatic rings. The van der Waals surface area contributed by atoms with Gasteiger partial charge in [-0.3, -0.25) is 4.98 Å². The van der Waals surface area contributed by atoms with Crippen molar-refractivity contribution in [2.75, 3.05) is 0 Å². The maximum Gasteiger partial charge on any atom is 0.0375 e. The zero-order valence-electron chi connectivity index (χ0n) is 8.60. The molecule has 0 aromatic carbocycles. The van der Waals surface area contributed by atoms with E-state index in [9.17, 15) is 0 Å². The highest BCUT2D eigenvalue weighted by Gasteiger charge is 2.15. The molecule has 0 saturated carbocycles. The Hall–Kier alpha value is -0.850. The van der Waals surface area contributed by atoms with Gasteiger partial charge in [0.15, 0.2) is 0 Å². The van der Waals surface area contributed by atoms with Gasteiger partial charge in [0.25, 0.3) is 0 Å². The van der Waals surface area contributed by atoms with Crippen LogP contribution in [0.4, 0.5) is 0 Å². The number of hydrogen-bond donors (Lipinski definition) is 0. The Labute approximate surface area is 74.8 Å². The predicted octanol–water partition coefficient (Wildman–Crippen LogP) is 3.00. The first kappa shape index (κ1) is 9.24. The largest absolute Gasteiger partial charge is 0.261 e. The van der Waals surface area contributed by atoms with E-state index in [0.717, 1.165) is 5.69 Å². The summed E-state index contributed by atoms with van der Waals surface area (Å²) in [5, 5.41) is 0. The van der Waals surface area contributed by atoms with E-state index in [1.807, 2.05) is 13.1 Å². The van der Waals surface area contributed by atoms with Crippen LogP contribution in [0, 0.1) is 13.8 Å². The highest BCUT2D eigenvalue weighted by atomic mass is 14.7. The predicted molar refractivity (Wildman–Crippen MR) is 52.4 cm³/mol. The molecule has 0 saturated heterocycles. The van der Waals surface area contributed by atoms with Crippen LogP contribution < -0.4 is 0 Å². The van der Waals surface area contributed by atoms with Crippen LogP contribution >= 0.6 is 0 Å². The Bertz CT molecular complexity index is 282. The average molecular weight is 163 g/mol. The number of aromatic nitrogens is 1. The molecule has 0 radical (unpaired) electrons. The fraction of sp³-hybridized carbons (Fsp3) is 0.545. The quantitative estimate of drug-likeness (QED) is 0.573. The zero-order valence-corrected chi connectivity index (χ0v) is 8.60. The third-order valence-electron chi connectivity index (χ3n) is 2.06. The number of pyridine rings is 1. The molecule has 1 heteroatoms. The third kappa shape index (κ3) is 1.84. The minimum atomic E-state index is 0.213. The Morgan fingerprint density at radius 3 is 2.17 bits per heavy atom. The van der Waals surface area contributed by atoms with E-state index in [4.69, 9.17) is 0 Å². The van der Waals surface area contributed by atoms with Gasteiger partial charge in [0.05, 0.1) is 0 Å². The van der Waals surface area contributed by atoms with E-state index in [0.29, 0.717) is 0 Å². The minimum Gasteiger partial charge on any atom is -0.261 e. The van der Waals surface area contributed by atoms with Crippen molar-refractivity contribution < 1.29 is 0 Å². The smallest absolute Gasteiger partial charge is 0.0375 e. The fourth-order valence-corrected chi connectivity index (χ4v) is 1.48. The second-order valence-electron chi connectivity index (χ2n) is 4.39. The molecule has 0 spiro atoms. The van der Waals surface area contributed by atoms with Crippen molar-refractivity contribution >= 4 is 0 Å². The van der Waals surface area contributed by atoms with Crippen LogP contribution in [-0.2, 0) is 5.41 Å². The molecule has 0 bridgehead atoms. The molecule has 0 aliphatic rings. The standard InChI is InChI=1S/C11H17N/c1-8-6-9(2)12-7-10(8)11(3,4)5/h6-7H,1-5H3. The zero-order chi connectivity index (χ0) is 9.35. The summed E-state index contributed by atoms with van der Waals surface area (Å²) in [7, 11) is 0. The van der Waals surface area contributed by atoms with Gasteiger partial charge in [-0.1, -0.05) is 20.8 Å². The maximum absolute atomic E-state index is 4.31. The molecule has 1 heterocycles. The number of aryl methyl sites for hydroxylation is 2. The first-order chi connectivity index (χ1) is 5.41. The summed E-state index contributed by atoms with van der Waals surface area (Å²) in [6.07, 6.45) is 1.99. The van der Waals surface area contributed by atoms with Gasteiger partial charge in [-0.2, -0.15) is 0 Å². The van der Waals surface area contributed by atoms with Gasteiger partial charge >= 0.3 is 0 Å². The molecule has 0 N–H and O–H groups in total. The van der Waals surface area contributed by atoms with Crippen molar-refractivity contribution in [1.29, 1.82) is 0 Å². The van der Waals surface area contributed by atoms with Gasteiger partial charge in [0.2, 0.25) is 0 Å². The number of nitrogens with zero attached hydrogens (tertiary/aromatic N) is 1. The van der Waals surface area contributed by atoms with Crippen LogP contribution in [0.5, 0.6) is 0 Å². The minimum absolute atomic E-state index is 0.213. The monoisotopic (exact) mass is 163 g/mol. The number of rotatable bonds is 0. The normalized spacial score (nSPS) is 11.8. The molecule has 1 aromatic heterocycles. The maximum atomic E-state index is 4.31. The van der Waals surface area contributed by atoms with Gasteiger partial charge in [0, 0.05) is 11.9 Å². The molecule has 1 rings (SSSR count). The first-order valence-corrected chi connectivity index (χ1v) is 4.35. The summed E-state index contributed by atoms with van der Waals surface area (Å²) in [4.78, 5) is 4.31. The van der Waals surface area contributed by atoms with Gasteiger partial charge in [-0.05, 0) is 36.5 Å². The van der Waals surface area contributed by atoms with Crippen molar-refractivity contribution in [3.05, 3.63) is 29.1 Å². The Morgan fingerprint density at radius 2 is 1.75 bits per heavy atom. The van der Waals surface area contributed by atoms with Crippen LogP contribution in [0.2, 0.25) is 0 Å². The summed E-state index contributed by atoms with van der Waals surface area (Å²) in [5.74, 6) is 0. The second-order valence-corrected chi connectivity index (χ2v) is 4.39. The van der Waals surface area contributed by atoms with Crippen LogP contribution in [0.3, 0.4) is 0 Å². The molecule has 0 amide bonds. The van der Waals surface area contributed by atoms with Crippen LogP contribution in [-0.4, -0.2) is 4.98 Å².